The number of rotatable bonds is 2. The summed E-state index contributed by atoms with van der Waals surface area (Å²) in [6, 6.07) is 12.3. The zero-order valence-electron chi connectivity index (χ0n) is 12.5. The highest BCUT2D eigenvalue weighted by atomic mass is 16.2. The fourth-order valence-electron chi connectivity index (χ4n) is 3.20. The van der Waals surface area contributed by atoms with Crippen LogP contribution < -0.4 is 0 Å². The highest BCUT2D eigenvalue weighted by Crippen LogP contribution is 2.35. The number of aromatic nitrogens is 1. The van der Waals surface area contributed by atoms with Gasteiger partial charge in [-0.2, -0.15) is 0 Å². The van der Waals surface area contributed by atoms with E-state index < -0.39 is 0 Å². The molecular weight excluding hydrogens is 260 g/mol. The molecule has 1 aliphatic heterocycles. The van der Waals surface area contributed by atoms with Crippen LogP contribution in [0.3, 0.4) is 0 Å². The van der Waals surface area contributed by atoms with Gasteiger partial charge < -0.3 is 4.90 Å². The van der Waals surface area contributed by atoms with E-state index in [1.165, 1.54) is 11.1 Å². The van der Waals surface area contributed by atoms with Gasteiger partial charge in [-0.25, -0.2) is 0 Å². The largest absolute Gasteiger partial charge is 0.331 e. The summed E-state index contributed by atoms with van der Waals surface area (Å²) < 4.78 is 0. The van der Waals surface area contributed by atoms with Gasteiger partial charge in [-0.05, 0) is 35.6 Å². The summed E-state index contributed by atoms with van der Waals surface area (Å²) in [5.41, 5.74) is 3.32. The molecule has 108 valence electrons. The lowest BCUT2D eigenvalue weighted by Crippen LogP contribution is -2.42. The lowest BCUT2D eigenvalue weighted by molar-refractivity contribution is 0.0603. The third-order valence-electron chi connectivity index (χ3n) is 4.13. The van der Waals surface area contributed by atoms with E-state index in [0.717, 1.165) is 13.0 Å². The van der Waals surface area contributed by atoms with E-state index in [9.17, 15) is 4.79 Å². The van der Waals surface area contributed by atoms with Crippen molar-refractivity contribution in [3.05, 3.63) is 65.5 Å². The minimum Gasteiger partial charge on any atom is -0.331 e. The quantitative estimate of drug-likeness (QED) is 0.844. The third kappa shape index (κ3) is 2.56. The molecule has 1 aromatic carbocycles. The van der Waals surface area contributed by atoms with Crippen molar-refractivity contribution in [3.8, 4) is 0 Å². The highest BCUT2D eigenvalue weighted by Gasteiger charge is 2.33. The van der Waals surface area contributed by atoms with Crippen molar-refractivity contribution in [1.29, 1.82) is 0 Å². The van der Waals surface area contributed by atoms with E-state index in [1.807, 2.05) is 17.0 Å². The highest BCUT2D eigenvalue weighted by molar-refractivity contribution is 5.94. The predicted octanol–water partition coefficient (Wildman–Crippen LogP) is 3.48. The summed E-state index contributed by atoms with van der Waals surface area (Å²) in [6.07, 6.45) is 4.27. The zero-order valence-corrected chi connectivity index (χ0v) is 12.5. The molecule has 1 aromatic heterocycles. The Morgan fingerprint density at radius 2 is 2.05 bits per heavy atom. The van der Waals surface area contributed by atoms with Gasteiger partial charge in [0.1, 0.15) is 0 Å². The summed E-state index contributed by atoms with van der Waals surface area (Å²) in [5.74, 6) is 0.461. The van der Waals surface area contributed by atoms with Crippen molar-refractivity contribution in [3.63, 3.8) is 0 Å². The Labute approximate surface area is 125 Å². The Kier molecular flexibility index (Phi) is 3.74. The summed E-state index contributed by atoms with van der Waals surface area (Å²) in [7, 11) is 0. The van der Waals surface area contributed by atoms with E-state index in [0.29, 0.717) is 11.5 Å². The molecule has 3 nitrogen and oxygen atoms in total. The van der Waals surface area contributed by atoms with Crippen molar-refractivity contribution < 1.29 is 4.79 Å². The maximum atomic E-state index is 12.8. The number of hydrogen-bond acceptors (Lipinski definition) is 2. The van der Waals surface area contributed by atoms with Crippen molar-refractivity contribution >= 4 is 5.91 Å². The molecule has 0 saturated heterocycles. The Balaban J connectivity index is 1.98. The Morgan fingerprint density at radius 1 is 1.24 bits per heavy atom. The Hall–Kier alpha value is -2.16. The van der Waals surface area contributed by atoms with E-state index in [2.05, 4.69) is 43.1 Å². The van der Waals surface area contributed by atoms with Gasteiger partial charge in [-0.15, -0.1) is 0 Å². The molecule has 1 amide bonds. The maximum absolute atomic E-state index is 12.8. The molecule has 0 N–H and O–H groups in total. The molecule has 21 heavy (non-hydrogen) atoms. The molecule has 0 bridgehead atoms. The molecule has 1 aliphatic rings. The fraction of sp³-hybridized carbons (Fsp3) is 0.333. The Morgan fingerprint density at radius 3 is 2.76 bits per heavy atom. The van der Waals surface area contributed by atoms with Crippen LogP contribution in [-0.4, -0.2) is 22.3 Å². The first-order chi connectivity index (χ1) is 10.2. The fourth-order valence-corrected chi connectivity index (χ4v) is 3.20. The van der Waals surface area contributed by atoms with Crippen LogP contribution in [0.25, 0.3) is 0 Å². The van der Waals surface area contributed by atoms with Gasteiger partial charge in [0.2, 0.25) is 0 Å². The molecule has 3 rings (SSSR count). The second-order valence-corrected chi connectivity index (χ2v) is 5.88. The zero-order chi connectivity index (χ0) is 14.8. The molecule has 1 unspecified atom stereocenters. The molecular formula is C18H20N2O. The van der Waals surface area contributed by atoms with Gasteiger partial charge in [0.15, 0.2) is 0 Å². The number of benzene rings is 1. The Bertz CT molecular complexity index is 637. The standard InChI is InChI=1S/C18H20N2O/c1-13(2)17-16-8-4-3-6-14(16)9-11-20(17)18(21)15-7-5-10-19-12-15/h3-8,10,12-13,17H,9,11H2,1-2H3. The second kappa shape index (κ2) is 5.68. The number of carbonyl (C=O) groups excluding carboxylic acids is 1. The molecule has 1 atom stereocenters. The molecule has 0 aliphatic carbocycles. The first kappa shape index (κ1) is 13.8. The van der Waals surface area contributed by atoms with Crippen LogP contribution >= 0.6 is 0 Å². The van der Waals surface area contributed by atoms with Crippen LogP contribution in [0.15, 0.2) is 48.8 Å². The monoisotopic (exact) mass is 280 g/mol. The van der Waals surface area contributed by atoms with Crippen molar-refractivity contribution in [1.82, 2.24) is 9.88 Å². The SMILES string of the molecule is CC(C)C1c2ccccc2CCN1C(=O)c1cccnc1. The lowest BCUT2D eigenvalue weighted by atomic mass is 9.86. The van der Waals surface area contributed by atoms with E-state index in [4.69, 9.17) is 0 Å². The minimum atomic E-state index is 0.0799. The van der Waals surface area contributed by atoms with Crippen LogP contribution in [0, 0.1) is 5.92 Å². The normalized spacial score (nSPS) is 17.7. The smallest absolute Gasteiger partial charge is 0.255 e. The summed E-state index contributed by atoms with van der Waals surface area (Å²) in [6.45, 7) is 5.13. The molecule has 0 saturated carbocycles. The molecule has 0 fully saturated rings. The van der Waals surface area contributed by atoms with Crippen LogP contribution in [0.5, 0.6) is 0 Å². The van der Waals surface area contributed by atoms with E-state index >= 15 is 0 Å². The molecule has 2 heterocycles. The molecule has 0 spiro atoms. The van der Waals surface area contributed by atoms with Crippen LogP contribution in [-0.2, 0) is 6.42 Å². The van der Waals surface area contributed by atoms with Crippen LogP contribution in [0.2, 0.25) is 0 Å². The number of pyridine rings is 1. The van der Waals surface area contributed by atoms with Crippen molar-refractivity contribution in [2.24, 2.45) is 5.92 Å². The first-order valence-electron chi connectivity index (χ1n) is 7.47. The molecule has 2 aromatic rings. The first-order valence-corrected chi connectivity index (χ1v) is 7.47. The average Bonchev–Trinajstić information content (AvgIpc) is 2.53. The number of amides is 1. The van der Waals surface area contributed by atoms with Crippen LogP contribution in [0.1, 0.15) is 41.4 Å². The summed E-state index contributed by atoms with van der Waals surface area (Å²) in [4.78, 5) is 18.9. The third-order valence-corrected chi connectivity index (χ3v) is 4.13. The van der Waals surface area contributed by atoms with Gasteiger partial charge in [0.25, 0.3) is 5.91 Å². The average molecular weight is 280 g/mol. The second-order valence-electron chi connectivity index (χ2n) is 5.88. The minimum absolute atomic E-state index is 0.0799. The van der Waals surface area contributed by atoms with E-state index in [-0.39, 0.29) is 11.9 Å². The van der Waals surface area contributed by atoms with Gasteiger partial charge in [-0.3, -0.25) is 9.78 Å². The topological polar surface area (TPSA) is 33.2 Å². The van der Waals surface area contributed by atoms with Gasteiger partial charge in [-0.1, -0.05) is 38.1 Å². The number of hydrogen-bond donors (Lipinski definition) is 0. The van der Waals surface area contributed by atoms with Gasteiger partial charge in [0.05, 0.1) is 11.6 Å². The van der Waals surface area contributed by atoms with Crippen molar-refractivity contribution in [2.45, 2.75) is 26.3 Å². The van der Waals surface area contributed by atoms with E-state index in [1.54, 1.807) is 12.4 Å². The predicted molar refractivity (Wildman–Crippen MR) is 83.0 cm³/mol. The van der Waals surface area contributed by atoms with Crippen LogP contribution in [0.4, 0.5) is 0 Å². The molecule has 0 radical (unpaired) electrons. The summed E-state index contributed by atoms with van der Waals surface area (Å²) >= 11 is 0. The van der Waals surface area contributed by atoms with Crippen molar-refractivity contribution in [2.75, 3.05) is 6.54 Å². The summed E-state index contributed by atoms with van der Waals surface area (Å²) in [5, 5.41) is 0. The van der Waals surface area contributed by atoms with Gasteiger partial charge >= 0.3 is 0 Å². The van der Waals surface area contributed by atoms with Gasteiger partial charge in [0, 0.05) is 18.9 Å². The number of fused-ring (bicyclic) bond motifs is 1. The number of nitrogens with zero attached hydrogens (tertiary/aromatic N) is 2. The number of carbonyl (C=O) groups is 1. The lowest BCUT2D eigenvalue weighted by Gasteiger charge is -2.39. The molecule has 3 heteroatoms. The maximum Gasteiger partial charge on any atom is 0.255 e.